The van der Waals surface area contributed by atoms with Crippen molar-refractivity contribution in [3.63, 3.8) is 0 Å². The molecule has 3 nitrogen and oxygen atoms in total. The Kier molecular flexibility index (Phi) is 4.03. The second-order valence-electron chi connectivity index (χ2n) is 3.81. The number of carbonyl (C=O) groups excluding carboxylic acids is 1. The Balaban J connectivity index is 2.28. The molecule has 0 saturated heterocycles. The first kappa shape index (κ1) is 13.0. The molecule has 96 valence electrons. The van der Waals surface area contributed by atoms with Gasteiger partial charge in [0.25, 0.3) is 0 Å². The van der Waals surface area contributed by atoms with Crippen molar-refractivity contribution < 1.29 is 13.9 Å². The van der Waals surface area contributed by atoms with Crippen LogP contribution >= 0.6 is 0 Å². The maximum atomic E-state index is 12.8. The van der Waals surface area contributed by atoms with E-state index in [0.717, 1.165) is 0 Å². The fourth-order valence-corrected chi connectivity index (χ4v) is 1.58. The van der Waals surface area contributed by atoms with E-state index in [-0.39, 0.29) is 5.82 Å². The summed E-state index contributed by atoms with van der Waals surface area (Å²) < 4.78 is 17.4. The van der Waals surface area contributed by atoms with Crippen LogP contribution in [-0.2, 0) is 4.74 Å². The van der Waals surface area contributed by atoms with Gasteiger partial charge in [-0.2, -0.15) is 0 Å². The first-order valence-corrected chi connectivity index (χ1v) is 5.67. The molecule has 19 heavy (non-hydrogen) atoms. The lowest BCUT2D eigenvalue weighted by molar-refractivity contribution is 0.0600. The lowest BCUT2D eigenvalue weighted by Crippen LogP contribution is -2.04. The van der Waals surface area contributed by atoms with E-state index in [2.05, 4.69) is 4.99 Å². The highest BCUT2D eigenvalue weighted by Crippen LogP contribution is 2.14. The van der Waals surface area contributed by atoms with E-state index in [0.29, 0.717) is 16.8 Å². The van der Waals surface area contributed by atoms with Gasteiger partial charge in [0.1, 0.15) is 5.82 Å². The largest absolute Gasteiger partial charge is 0.465 e. The lowest BCUT2D eigenvalue weighted by atomic mass is 10.1. The summed E-state index contributed by atoms with van der Waals surface area (Å²) in [6.07, 6.45) is 1.56. The minimum Gasteiger partial charge on any atom is -0.465 e. The summed E-state index contributed by atoms with van der Waals surface area (Å²) in [5.74, 6) is -0.727. The summed E-state index contributed by atoms with van der Waals surface area (Å²) in [5, 5.41) is 0. The van der Waals surface area contributed by atoms with Crippen molar-refractivity contribution in [3.05, 3.63) is 65.5 Å². The first-order chi connectivity index (χ1) is 9.20. The molecule has 0 N–H and O–H groups in total. The van der Waals surface area contributed by atoms with Gasteiger partial charge in [-0.1, -0.05) is 18.2 Å². The van der Waals surface area contributed by atoms with Gasteiger partial charge in [-0.15, -0.1) is 0 Å². The van der Waals surface area contributed by atoms with E-state index in [1.165, 1.54) is 19.2 Å². The Labute approximate surface area is 110 Å². The van der Waals surface area contributed by atoms with Gasteiger partial charge in [0.05, 0.1) is 18.4 Å². The molecule has 0 atom stereocenters. The number of nitrogens with zero attached hydrogens (tertiary/aromatic N) is 1. The smallest absolute Gasteiger partial charge is 0.338 e. The van der Waals surface area contributed by atoms with Crippen molar-refractivity contribution >= 4 is 17.9 Å². The van der Waals surface area contributed by atoms with Crippen molar-refractivity contribution in [1.29, 1.82) is 0 Å². The molecule has 4 heteroatoms. The fraction of sp³-hybridized carbons (Fsp3) is 0.0667. The van der Waals surface area contributed by atoms with Crippen LogP contribution in [0.5, 0.6) is 0 Å². The number of carbonyl (C=O) groups is 1. The van der Waals surface area contributed by atoms with Gasteiger partial charge in [0.15, 0.2) is 0 Å². The van der Waals surface area contributed by atoms with Crippen LogP contribution in [-0.4, -0.2) is 19.3 Å². The Morgan fingerprint density at radius 3 is 2.53 bits per heavy atom. The number of rotatable bonds is 3. The van der Waals surface area contributed by atoms with Crippen LogP contribution < -0.4 is 0 Å². The van der Waals surface area contributed by atoms with Crippen LogP contribution in [0, 0.1) is 5.82 Å². The standard InChI is InChI=1S/C15H12FNO2/c1-19-15(18)14-5-3-2-4-11(14)10-17-13-8-6-12(16)7-9-13/h2-10H,1H3/b17-10-. The van der Waals surface area contributed by atoms with E-state index in [9.17, 15) is 9.18 Å². The molecule has 0 unspecified atom stereocenters. The molecular formula is C15H12FNO2. The molecular weight excluding hydrogens is 245 g/mol. The molecule has 0 aliphatic rings. The van der Waals surface area contributed by atoms with E-state index >= 15 is 0 Å². The highest BCUT2D eigenvalue weighted by atomic mass is 19.1. The Morgan fingerprint density at radius 2 is 1.84 bits per heavy atom. The maximum absolute atomic E-state index is 12.8. The predicted octanol–water partition coefficient (Wildman–Crippen LogP) is 3.36. The normalized spacial score (nSPS) is 10.6. The highest BCUT2D eigenvalue weighted by Gasteiger charge is 2.08. The number of methoxy groups -OCH3 is 1. The second-order valence-corrected chi connectivity index (χ2v) is 3.81. The van der Waals surface area contributed by atoms with Gasteiger partial charge in [-0.25, -0.2) is 9.18 Å². The average Bonchev–Trinajstić information content (AvgIpc) is 2.46. The van der Waals surface area contributed by atoms with Crippen LogP contribution in [0.1, 0.15) is 15.9 Å². The molecule has 2 rings (SSSR count). The molecule has 0 aromatic heterocycles. The van der Waals surface area contributed by atoms with E-state index in [4.69, 9.17) is 4.74 Å². The molecule has 0 aliphatic carbocycles. The molecule has 0 saturated carbocycles. The van der Waals surface area contributed by atoms with Crippen molar-refractivity contribution in [2.45, 2.75) is 0 Å². The zero-order valence-electron chi connectivity index (χ0n) is 10.3. The van der Waals surface area contributed by atoms with Gasteiger partial charge < -0.3 is 4.74 Å². The number of esters is 1. The van der Waals surface area contributed by atoms with Crippen LogP contribution in [0.3, 0.4) is 0 Å². The van der Waals surface area contributed by atoms with Crippen molar-refractivity contribution in [3.8, 4) is 0 Å². The minimum atomic E-state index is -0.416. The van der Waals surface area contributed by atoms with Crippen LogP contribution in [0.4, 0.5) is 10.1 Å². The van der Waals surface area contributed by atoms with Crippen molar-refractivity contribution in [1.82, 2.24) is 0 Å². The van der Waals surface area contributed by atoms with Gasteiger partial charge in [-0.05, 0) is 30.3 Å². The summed E-state index contributed by atoms with van der Waals surface area (Å²) in [4.78, 5) is 15.8. The molecule has 0 fully saturated rings. The van der Waals surface area contributed by atoms with E-state index in [1.807, 2.05) is 0 Å². The zero-order valence-corrected chi connectivity index (χ0v) is 10.3. The van der Waals surface area contributed by atoms with Gasteiger partial charge in [0, 0.05) is 11.8 Å². The summed E-state index contributed by atoms with van der Waals surface area (Å²) in [7, 11) is 1.33. The van der Waals surface area contributed by atoms with Crippen LogP contribution in [0.2, 0.25) is 0 Å². The fourth-order valence-electron chi connectivity index (χ4n) is 1.58. The van der Waals surface area contributed by atoms with Crippen LogP contribution in [0.25, 0.3) is 0 Å². The molecule has 0 radical (unpaired) electrons. The summed E-state index contributed by atoms with van der Waals surface area (Å²) in [5.41, 5.74) is 1.70. The molecule has 0 spiro atoms. The number of hydrogen-bond acceptors (Lipinski definition) is 3. The monoisotopic (exact) mass is 257 g/mol. The second kappa shape index (κ2) is 5.91. The molecule has 2 aromatic carbocycles. The van der Waals surface area contributed by atoms with E-state index in [1.54, 1.807) is 42.6 Å². The minimum absolute atomic E-state index is 0.311. The zero-order chi connectivity index (χ0) is 13.7. The number of aliphatic imine (C=N–C) groups is 1. The molecule has 2 aromatic rings. The predicted molar refractivity (Wildman–Crippen MR) is 71.4 cm³/mol. The molecule has 0 heterocycles. The topological polar surface area (TPSA) is 38.7 Å². The summed E-state index contributed by atoms with van der Waals surface area (Å²) in [6, 6.07) is 12.8. The summed E-state index contributed by atoms with van der Waals surface area (Å²) in [6.45, 7) is 0. The Bertz CT molecular complexity index is 606. The van der Waals surface area contributed by atoms with Crippen molar-refractivity contribution in [2.75, 3.05) is 7.11 Å². The lowest BCUT2D eigenvalue weighted by Gasteiger charge is -2.02. The Morgan fingerprint density at radius 1 is 1.16 bits per heavy atom. The van der Waals surface area contributed by atoms with Gasteiger partial charge >= 0.3 is 5.97 Å². The van der Waals surface area contributed by atoms with Crippen LogP contribution in [0.15, 0.2) is 53.5 Å². The average molecular weight is 257 g/mol. The molecule has 0 amide bonds. The maximum Gasteiger partial charge on any atom is 0.338 e. The van der Waals surface area contributed by atoms with Crippen molar-refractivity contribution in [2.24, 2.45) is 4.99 Å². The highest BCUT2D eigenvalue weighted by molar-refractivity contribution is 5.99. The third-order valence-electron chi connectivity index (χ3n) is 2.55. The first-order valence-electron chi connectivity index (χ1n) is 5.67. The number of hydrogen-bond donors (Lipinski definition) is 0. The third kappa shape index (κ3) is 3.25. The number of halogens is 1. The molecule has 0 aliphatic heterocycles. The van der Waals surface area contributed by atoms with Gasteiger partial charge in [-0.3, -0.25) is 4.99 Å². The van der Waals surface area contributed by atoms with Gasteiger partial charge in [0.2, 0.25) is 0 Å². The quantitative estimate of drug-likeness (QED) is 0.624. The van der Waals surface area contributed by atoms with E-state index < -0.39 is 5.97 Å². The third-order valence-corrected chi connectivity index (χ3v) is 2.55. The Hall–Kier alpha value is -2.49. The molecule has 0 bridgehead atoms. The number of ether oxygens (including phenoxy) is 1. The number of benzene rings is 2. The SMILES string of the molecule is COC(=O)c1ccccc1/C=N\c1ccc(F)cc1. The summed E-state index contributed by atoms with van der Waals surface area (Å²) >= 11 is 0.